The first-order valence-corrected chi connectivity index (χ1v) is 5.66. The van der Waals surface area contributed by atoms with Crippen LogP contribution in [0.15, 0.2) is 11.0 Å². The maximum atomic E-state index is 12.0. The Kier molecular flexibility index (Phi) is 3.57. The molecule has 0 bridgehead atoms. The number of primary sulfonamides is 1. The van der Waals surface area contributed by atoms with Gasteiger partial charge in [-0.2, -0.15) is 4.98 Å². The third kappa shape index (κ3) is 3.37. The molecule has 0 aromatic carbocycles. The lowest BCUT2D eigenvalue weighted by atomic mass is 10.4. The Labute approximate surface area is 99.0 Å². The molecule has 7 nitrogen and oxygen atoms in total. The second-order valence-electron chi connectivity index (χ2n) is 2.91. The van der Waals surface area contributed by atoms with E-state index in [2.05, 4.69) is 14.5 Å². The van der Waals surface area contributed by atoms with Crippen LogP contribution in [0.25, 0.3) is 0 Å². The average Bonchev–Trinajstić information content (AvgIpc) is 2.17. The predicted octanol–water partition coefficient (Wildman–Crippen LogP) is 0.342. The number of nitrogens with two attached hydrogens (primary N) is 1. The van der Waals surface area contributed by atoms with E-state index < -0.39 is 38.8 Å². The third-order valence-corrected chi connectivity index (χ3v) is 2.55. The number of ether oxygens (including phenoxy) is 2. The van der Waals surface area contributed by atoms with Crippen molar-refractivity contribution in [3.63, 3.8) is 0 Å². The van der Waals surface area contributed by atoms with Gasteiger partial charge in [0.15, 0.2) is 5.75 Å². The SMILES string of the molecule is COc1cc(S(N)(=O)=O)c(O)c(OC(F)(F)F)n1. The van der Waals surface area contributed by atoms with Gasteiger partial charge in [-0.15, -0.1) is 13.2 Å². The number of hydrogen-bond donors (Lipinski definition) is 2. The van der Waals surface area contributed by atoms with Gasteiger partial charge in [0.25, 0.3) is 5.88 Å². The summed E-state index contributed by atoms with van der Waals surface area (Å²) in [5.41, 5.74) is 0. The minimum absolute atomic E-state index is 0.518. The Bertz CT molecular complexity index is 557. The molecule has 0 amide bonds. The molecule has 0 unspecified atom stereocenters. The van der Waals surface area contributed by atoms with Crippen molar-refractivity contribution in [1.82, 2.24) is 4.98 Å². The topological polar surface area (TPSA) is 112 Å². The minimum Gasteiger partial charge on any atom is -0.502 e. The zero-order chi connectivity index (χ0) is 14.1. The molecule has 0 radical (unpaired) electrons. The van der Waals surface area contributed by atoms with Crippen LogP contribution in [0.3, 0.4) is 0 Å². The van der Waals surface area contributed by atoms with Gasteiger partial charge in [-0.05, 0) is 0 Å². The Morgan fingerprint density at radius 1 is 1.44 bits per heavy atom. The molecule has 1 heterocycles. The number of rotatable bonds is 3. The van der Waals surface area contributed by atoms with Crippen LogP contribution in [0.5, 0.6) is 17.5 Å². The van der Waals surface area contributed by atoms with Gasteiger partial charge in [0.05, 0.1) is 7.11 Å². The molecule has 0 atom stereocenters. The fourth-order valence-corrected chi connectivity index (χ4v) is 1.60. The summed E-state index contributed by atoms with van der Waals surface area (Å²) in [6.45, 7) is 0. The molecule has 18 heavy (non-hydrogen) atoms. The number of aromatic hydroxyl groups is 1. The van der Waals surface area contributed by atoms with Crippen molar-refractivity contribution in [3.8, 4) is 17.5 Å². The van der Waals surface area contributed by atoms with Crippen molar-refractivity contribution in [2.75, 3.05) is 7.11 Å². The van der Waals surface area contributed by atoms with Gasteiger partial charge >= 0.3 is 6.36 Å². The summed E-state index contributed by atoms with van der Waals surface area (Å²) in [7, 11) is -3.43. The molecule has 0 saturated heterocycles. The molecule has 0 spiro atoms. The summed E-state index contributed by atoms with van der Waals surface area (Å²) in [6, 6.07) is 0.661. The van der Waals surface area contributed by atoms with Crippen LogP contribution < -0.4 is 14.6 Å². The van der Waals surface area contributed by atoms with Crippen LogP contribution >= 0.6 is 0 Å². The fraction of sp³-hybridized carbons (Fsp3) is 0.286. The van der Waals surface area contributed by atoms with Crippen molar-refractivity contribution >= 4 is 10.0 Å². The van der Waals surface area contributed by atoms with E-state index >= 15 is 0 Å². The summed E-state index contributed by atoms with van der Waals surface area (Å²) < 4.78 is 65.9. The molecule has 3 N–H and O–H groups in total. The molecule has 102 valence electrons. The highest BCUT2D eigenvalue weighted by Gasteiger charge is 2.35. The second kappa shape index (κ2) is 4.49. The van der Waals surface area contributed by atoms with Crippen molar-refractivity contribution in [1.29, 1.82) is 0 Å². The largest absolute Gasteiger partial charge is 0.574 e. The lowest BCUT2D eigenvalue weighted by molar-refractivity contribution is -0.276. The molecular formula is C7H7F3N2O5S. The monoisotopic (exact) mass is 288 g/mol. The first-order valence-electron chi connectivity index (χ1n) is 4.11. The number of alkyl halides is 3. The molecule has 1 aromatic rings. The Hall–Kier alpha value is -1.75. The highest BCUT2D eigenvalue weighted by molar-refractivity contribution is 7.89. The van der Waals surface area contributed by atoms with E-state index in [0.717, 1.165) is 7.11 Å². The summed E-state index contributed by atoms with van der Waals surface area (Å²) in [5.74, 6) is -3.24. The number of sulfonamides is 1. The number of nitrogens with zero attached hydrogens (tertiary/aromatic N) is 1. The van der Waals surface area contributed by atoms with Gasteiger partial charge in [0.2, 0.25) is 15.9 Å². The molecule has 1 rings (SSSR count). The molecule has 1 aromatic heterocycles. The fourth-order valence-electron chi connectivity index (χ4n) is 0.973. The zero-order valence-corrected chi connectivity index (χ0v) is 9.54. The molecule has 0 saturated carbocycles. The quantitative estimate of drug-likeness (QED) is 0.829. The van der Waals surface area contributed by atoms with Crippen molar-refractivity contribution < 1.29 is 36.2 Å². The van der Waals surface area contributed by atoms with Gasteiger partial charge in [0, 0.05) is 6.07 Å². The second-order valence-corrected chi connectivity index (χ2v) is 4.44. The molecule has 0 aliphatic carbocycles. The normalized spacial score (nSPS) is 12.3. The Morgan fingerprint density at radius 3 is 2.39 bits per heavy atom. The summed E-state index contributed by atoms with van der Waals surface area (Å²) in [6.07, 6.45) is -5.16. The number of pyridine rings is 1. The number of methoxy groups -OCH3 is 1. The minimum atomic E-state index is -5.16. The highest BCUT2D eigenvalue weighted by atomic mass is 32.2. The first-order chi connectivity index (χ1) is 8.04. The van der Waals surface area contributed by atoms with Crippen molar-refractivity contribution in [3.05, 3.63) is 6.07 Å². The van der Waals surface area contributed by atoms with Crippen molar-refractivity contribution in [2.24, 2.45) is 5.14 Å². The lowest BCUT2D eigenvalue weighted by Crippen LogP contribution is -2.19. The molecule has 0 aliphatic rings. The average molecular weight is 288 g/mol. The summed E-state index contributed by atoms with van der Waals surface area (Å²) in [5, 5.41) is 14.0. The van der Waals surface area contributed by atoms with Crippen molar-refractivity contribution in [2.45, 2.75) is 11.3 Å². The van der Waals surface area contributed by atoms with E-state index in [0.29, 0.717) is 6.07 Å². The summed E-state index contributed by atoms with van der Waals surface area (Å²) >= 11 is 0. The lowest BCUT2D eigenvalue weighted by Gasteiger charge is -2.12. The van der Waals surface area contributed by atoms with Crippen LogP contribution in [-0.4, -0.2) is 32.0 Å². The van der Waals surface area contributed by atoms with E-state index in [1.165, 1.54) is 0 Å². The first kappa shape index (κ1) is 14.3. The standard InChI is InChI=1S/C7H7F3N2O5S/c1-16-4-2-3(18(11,14)15)5(13)6(12-4)17-7(8,9)10/h2,13H,1H3,(H2,11,14,15). The maximum absolute atomic E-state index is 12.0. The van der Waals surface area contributed by atoms with E-state index in [1.807, 2.05) is 0 Å². The predicted molar refractivity (Wildman–Crippen MR) is 50.5 cm³/mol. The van der Waals surface area contributed by atoms with E-state index in [4.69, 9.17) is 5.14 Å². The van der Waals surface area contributed by atoms with E-state index in [9.17, 15) is 26.7 Å². The van der Waals surface area contributed by atoms with Crippen LogP contribution in [-0.2, 0) is 10.0 Å². The number of hydrogen-bond acceptors (Lipinski definition) is 6. The van der Waals surface area contributed by atoms with Gasteiger partial charge in [-0.1, -0.05) is 0 Å². The van der Waals surface area contributed by atoms with Crippen LogP contribution in [0.2, 0.25) is 0 Å². The van der Waals surface area contributed by atoms with Crippen LogP contribution in [0.4, 0.5) is 13.2 Å². The highest BCUT2D eigenvalue weighted by Crippen LogP contribution is 2.36. The Morgan fingerprint density at radius 2 is 2.00 bits per heavy atom. The van der Waals surface area contributed by atoms with Gasteiger partial charge in [-0.25, -0.2) is 13.6 Å². The molecule has 0 fully saturated rings. The molecule has 0 aliphatic heterocycles. The summed E-state index contributed by atoms with van der Waals surface area (Å²) in [4.78, 5) is 2.12. The van der Waals surface area contributed by atoms with Gasteiger partial charge < -0.3 is 14.6 Å². The smallest absolute Gasteiger partial charge is 0.502 e. The third-order valence-electron chi connectivity index (χ3n) is 1.63. The molecular weight excluding hydrogens is 281 g/mol. The van der Waals surface area contributed by atoms with E-state index in [-0.39, 0.29) is 0 Å². The van der Waals surface area contributed by atoms with E-state index in [1.54, 1.807) is 0 Å². The zero-order valence-electron chi connectivity index (χ0n) is 8.72. The Balaban J connectivity index is 3.44. The van der Waals surface area contributed by atoms with Gasteiger partial charge in [-0.3, -0.25) is 0 Å². The molecule has 11 heteroatoms. The number of halogens is 3. The maximum Gasteiger partial charge on any atom is 0.574 e. The number of aromatic nitrogens is 1. The van der Waals surface area contributed by atoms with Crippen LogP contribution in [0.1, 0.15) is 0 Å². The van der Waals surface area contributed by atoms with Gasteiger partial charge in [0.1, 0.15) is 4.90 Å². The van der Waals surface area contributed by atoms with Crippen LogP contribution in [0, 0.1) is 0 Å².